The lowest BCUT2D eigenvalue weighted by molar-refractivity contribution is -0.145. The maximum atomic E-state index is 11.9. The third-order valence-corrected chi connectivity index (χ3v) is 3.43. The van der Waals surface area contributed by atoms with Gasteiger partial charge in [0.15, 0.2) is 0 Å². The molecule has 1 heterocycles. The fourth-order valence-corrected chi connectivity index (χ4v) is 2.32. The van der Waals surface area contributed by atoms with Crippen LogP contribution >= 0.6 is 0 Å². The summed E-state index contributed by atoms with van der Waals surface area (Å²) in [6.45, 7) is 9.43. The zero-order valence-corrected chi connectivity index (χ0v) is 12.4. The van der Waals surface area contributed by atoms with E-state index in [4.69, 9.17) is 4.74 Å². The summed E-state index contributed by atoms with van der Waals surface area (Å²) in [5, 5.41) is 3.28. The maximum Gasteiger partial charge on any atom is 0.322 e. The van der Waals surface area contributed by atoms with Crippen molar-refractivity contribution in [1.82, 2.24) is 10.2 Å². The first-order chi connectivity index (χ1) is 8.95. The molecule has 0 aromatic heterocycles. The summed E-state index contributed by atoms with van der Waals surface area (Å²) in [6, 6.07) is 0.00733. The molecule has 0 spiro atoms. The van der Waals surface area contributed by atoms with Crippen molar-refractivity contribution in [3.05, 3.63) is 0 Å². The summed E-state index contributed by atoms with van der Waals surface area (Å²) in [7, 11) is 0. The van der Waals surface area contributed by atoms with Crippen molar-refractivity contribution in [3.63, 3.8) is 0 Å². The van der Waals surface area contributed by atoms with Crippen molar-refractivity contribution in [3.8, 4) is 0 Å². The highest BCUT2D eigenvalue weighted by molar-refractivity contribution is 5.78. The highest BCUT2D eigenvalue weighted by Crippen LogP contribution is 2.13. The van der Waals surface area contributed by atoms with Gasteiger partial charge in [0.1, 0.15) is 6.04 Å². The quantitative estimate of drug-likeness (QED) is 0.762. The van der Waals surface area contributed by atoms with Crippen LogP contribution in [0, 0.1) is 5.92 Å². The van der Waals surface area contributed by atoms with E-state index in [2.05, 4.69) is 5.32 Å². The van der Waals surface area contributed by atoms with Gasteiger partial charge in [0.25, 0.3) is 0 Å². The van der Waals surface area contributed by atoms with Gasteiger partial charge in [0.05, 0.1) is 6.61 Å². The molecule has 5 nitrogen and oxygen atoms in total. The number of nitrogens with one attached hydrogen (secondary N) is 1. The summed E-state index contributed by atoms with van der Waals surface area (Å²) >= 11 is 0. The molecular weight excluding hydrogens is 244 g/mol. The van der Waals surface area contributed by atoms with E-state index in [1.54, 1.807) is 6.92 Å². The number of carbonyl (C=O) groups excluding carboxylic acids is 2. The van der Waals surface area contributed by atoms with Gasteiger partial charge in [-0.15, -0.1) is 0 Å². The topological polar surface area (TPSA) is 58.6 Å². The predicted octanol–water partition coefficient (Wildman–Crippen LogP) is 1.17. The Hall–Kier alpha value is -1.10. The normalized spacial score (nSPS) is 18.5. The second kappa shape index (κ2) is 7.48. The number of piperidine rings is 1. The van der Waals surface area contributed by atoms with Crippen LogP contribution in [0.3, 0.4) is 0 Å². The molecule has 0 aliphatic carbocycles. The van der Waals surface area contributed by atoms with Crippen molar-refractivity contribution < 1.29 is 14.3 Å². The fraction of sp³-hybridized carbons (Fsp3) is 0.857. The molecule has 0 bridgehead atoms. The molecule has 1 aliphatic rings. The Morgan fingerprint density at radius 3 is 2.32 bits per heavy atom. The minimum absolute atomic E-state index is 0.0583. The molecule has 1 atom stereocenters. The van der Waals surface area contributed by atoms with Gasteiger partial charge in [-0.2, -0.15) is 0 Å². The molecule has 1 N–H and O–H groups in total. The SMILES string of the molecule is CCOC(=O)[C@@H](C)NC1CCN(C(=O)C(C)C)CC1. The van der Waals surface area contributed by atoms with Gasteiger partial charge in [0.2, 0.25) is 5.91 Å². The van der Waals surface area contributed by atoms with Crippen molar-refractivity contribution in [1.29, 1.82) is 0 Å². The number of rotatable bonds is 5. The summed E-state index contributed by atoms with van der Waals surface area (Å²) in [6.07, 6.45) is 1.78. The molecule has 0 aromatic rings. The Balaban J connectivity index is 2.34. The predicted molar refractivity (Wildman–Crippen MR) is 73.7 cm³/mol. The highest BCUT2D eigenvalue weighted by atomic mass is 16.5. The van der Waals surface area contributed by atoms with E-state index >= 15 is 0 Å². The van der Waals surface area contributed by atoms with Gasteiger partial charge in [-0.05, 0) is 26.7 Å². The maximum absolute atomic E-state index is 11.9. The number of hydrogen-bond acceptors (Lipinski definition) is 4. The van der Waals surface area contributed by atoms with Gasteiger partial charge in [-0.3, -0.25) is 9.59 Å². The van der Waals surface area contributed by atoms with Crippen molar-refractivity contribution in [2.24, 2.45) is 5.92 Å². The molecule has 1 aliphatic heterocycles. The number of ether oxygens (including phenoxy) is 1. The standard InChI is InChI=1S/C14H26N2O3/c1-5-19-14(18)11(4)15-12-6-8-16(9-7-12)13(17)10(2)3/h10-12,15H,5-9H2,1-4H3/t11-/m1/s1. The van der Waals surface area contributed by atoms with Crippen LogP contribution in [0.4, 0.5) is 0 Å². The Labute approximate surface area is 115 Å². The number of esters is 1. The molecule has 5 heteroatoms. The monoisotopic (exact) mass is 270 g/mol. The van der Waals surface area contributed by atoms with Crippen LogP contribution in [0.5, 0.6) is 0 Å². The average molecular weight is 270 g/mol. The molecule has 0 radical (unpaired) electrons. The van der Waals surface area contributed by atoms with E-state index in [9.17, 15) is 9.59 Å². The molecule has 110 valence electrons. The van der Waals surface area contributed by atoms with Crippen LogP contribution < -0.4 is 5.32 Å². The van der Waals surface area contributed by atoms with Crippen LogP contribution in [-0.2, 0) is 14.3 Å². The summed E-state index contributed by atoms with van der Waals surface area (Å²) in [4.78, 5) is 25.3. The Morgan fingerprint density at radius 1 is 1.26 bits per heavy atom. The van der Waals surface area contributed by atoms with Crippen molar-refractivity contribution in [2.45, 2.75) is 52.6 Å². The summed E-state index contributed by atoms with van der Waals surface area (Å²) < 4.78 is 4.97. The molecule has 1 fully saturated rings. The van der Waals surface area contributed by atoms with Crippen molar-refractivity contribution in [2.75, 3.05) is 19.7 Å². The first-order valence-electron chi connectivity index (χ1n) is 7.17. The van der Waals surface area contributed by atoms with E-state index in [1.165, 1.54) is 0 Å². The van der Waals surface area contributed by atoms with Crippen LogP contribution in [0.2, 0.25) is 0 Å². The lowest BCUT2D eigenvalue weighted by Gasteiger charge is -2.34. The number of amides is 1. The molecule has 0 aromatic carbocycles. The van der Waals surface area contributed by atoms with Gasteiger partial charge < -0.3 is 15.0 Å². The molecule has 0 unspecified atom stereocenters. The Morgan fingerprint density at radius 2 is 1.84 bits per heavy atom. The van der Waals surface area contributed by atoms with Crippen LogP contribution in [0.25, 0.3) is 0 Å². The highest BCUT2D eigenvalue weighted by Gasteiger charge is 2.26. The zero-order chi connectivity index (χ0) is 14.4. The van der Waals surface area contributed by atoms with Gasteiger partial charge in [-0.1, -0.05) is 13.8 Å². The number of likely N-dealkylation sites (tertiary alicyclic amines) is 1. The second-order valence-corrected chi connectivity index (χ2v) is 5.39. The molecule has 0 saturated carbocycles. The fourth-order valence-electron chi connectivity index (χ4n) is 2.32. The minimum Gasteiger partial charge on any atom is -0.465 e. The van der Waals surface area contributed by atoms with Crippen LogP contribution in [0.1, 0.15) is 40.5 Å². The van der Waals surface area contributed by atoms with Crippen LogP contribution in [-0.4, -0.2) is 48.6 Å². The van der Waals surface area contributed by atoms with E-state index in [0.717, 1.165) is 25.9 Å². The Bertz CT molecular complexity index is 310. The van der Waals surface area contributed by atoms with E-state index in [1.807, 2.05) is 25.7 Å². The molecule has 1 amide bonds. The van der Waals surface area contributed by atoms with E-state index < -0.39 is 0 Å². The third-order valence-electron chi connectivity index (χ3n) is 3.43. The summed E-state index contributed by atoms with van der Waals surface area (Å²) in [5.41, 5.74) is 0. The lowest BCUT2D eigenvalue weighted by atomic mass is 10.0. The number of nitrogens with zero attached hydrogens (tertiary/aromatic N) is 1. The molecule has 1 saturated heterocycles. The minimum atomic E-state index is -0.280. The van der Waals surface area contributed by atoms with Gasteiger partial charge >= 0.3 is 5.97 Å². The molecule has 19 heavy (non-hydrogen) atoms. The summed E-state index contributed by atoms with van der Waals surface area (Å²) in [5.74, 6) is 0.0723. The lowest BCUT2D eigenvalue weighted by Crippen LogP contribution is -2.50. The number of hydrogen-bond donors (Lipinski definition) is 1. The largest absolute Gasteiger partial charge is 0.465 e. The van der Waals surface area contributed by atoms with Gasteiger partial charge in [0, 0.05) is 25.0 Å². The van der Waals surface area contributed by atoms with Crippen molar-refractivity contribution >= 4 is 11.9 Å². The van der Waals surface area contributed by atoms with E-state index in [-0.39, 0.29) is 29.9 Å². The first kappa shape index (κ1) is 16.0. The first-order valence-corrected chi connectivity index (χ1v) is 7.17. The molecule has 1 rings (SSSR count). The van der Waals surface area contributed by atoms with E-state index in [0.29, 0.717) is 6.61 Å². The third kappa shape index (κ3) is 4.82. The van der Waals surface area contributed by atoms with Gasteiger partial charge in [-0.25, -0.2) is 0 Å². The average Bonchev–Trinajstić information content (AvgIpc) is 2.38. The molecular formula is C14H26N2O3. The second-order valence-electron chi connectivity index (χ2n) is 5.39. The number of carbonyl (C=O) groups is 2. The zero-order valence-electron chi connectivity index (χ0n) is 12.4. The smallest absolute Gasteiger partial charge is 0.322 e. The van der Waals surface area contributed by atoms with Crippen LogP contribution in [0.15, 0.2) is 0 Å². The Kier molecular flexibility index (Phi) is 6.28.